The maximum Gasteiger partial charge on any atom is 0.231 e. The molecule has 0 aliphatic carbocycles. The SMILES string of the molecule is C=CCn1c2ccccc2c2nnc(SCc3cc4c(cc3Cl)OCO4)nc21. The van der Waals surface area contributed by atoms with Crippen molar-refractivity contribution >= 4 is 45.4 Å². The molecule has 0 saturated heterocycles. The molecule has 0 radical (unpaired) electrons. The van der Waals surface area contributed by atoms with Gasteiger partial charge in [-0.05, 0) is 17.7 Å². The minimum absolute atomic E-state index is 0.222. The molecule has 0 saturated carbocycles. The normalized spacial score (nSPS) is 12.8. The molecular formula is C20H15ClN4O2S. The highest BCUT2D eigenvalue weighted by Crippen LogP contribution is 2.38. The van der Waals surface area contributed by atoms with Crippen molar-refractivity contribution in [1.82, 2.24) is 19.7 Å². The van der Waals surface area contributed by atoms with Crippen LogP contribution in [0, 0.1) is 0 Å². The molecule has 5 rings (SSSR count). The highest BCUT2D eigenvalue weighted by Gasteiger charge is 2.18. The fourth-order valence-electron chi connectivity index (χ4n) is 3.28. The van der Waals surface area contributed by atoms with E-state index in [2.05, 4.69) is 27.4 Å². The summed E-state index contributed by atoms with van der Waals surface area (Å²) < 4.78 is 12.9. The summed E-state index contributed by atoms with van der Waals surface area (Å²) in [7, 11) is 0. The summed E-state index contributed by atoms with van der Waals surface area (Å²) in [5.74, 6) is 1.98. The Kier molecular flexibility index (Phi) is 4.33. The largest absolute Gasteiger partial charge is 0.454 e. The van der Waals surface area contributed by atoms with Gasteiger partial charge in [-0.15, -0.1) is 16.8 Å². The summed E-state index contributed by atoms with van der Waals surface area (Å²) in [6.07, 6.45) is 1.85. The lowest BCUT2D eigenvalue weighted by Crippen LogP contribution is -1.99. The van der Waals surface area contributed by atoms with Gasteiger partial charge in [0.2, 0.25) is 11.9 Å². The number of aromatic nitrogens is 4. The number of hydrogen-bond donors (Lipinski definition) is 0. The molecule has 2 aromatic carbocycles. The molecule has 0 amide bonds. The molecule has 0 N–H and O–H groups in total. The zero-order valence-corrected chi connectivity index (χ0v) is 16.3. The standard InChI is InChI=1S/C20H15ClN4O2S/c1-2-7-25-15-6-4-3-5-13(15)18-19(25)22-20(24-23-18)28-10-12-8-16-17(9-14(12)21)27-11-26-16/h2-6,8-9H,1,7,10-11H2. The monoisotopic (exact) mass is 410 g/mol. The van der Waals surface area contributed by atoms with E-state index in [1.165, 1.54) is 11.8 Å². The fourth-order valence-corrected chi connectivity index (χ4v) is 4.35. The van der Waals surface area contributed by atoms with Gasteiger partial charge in [0.25, 0.3) is 0 Å². The van der Waals surface area contributed by atoms with Crippen LogP contribution in [-0.2, 0) is 12.3 Å². The molecule has 28 heavy (non-hydrogen) atoms. The number of halogens is 1. The van der Waals surface area contributed by atoms with Gasteiger partial charge >= 0.3 is 0 Å². The highest BCUT2D eigenvalue weighted by atomic mass is 35.5. The molecule has 3 heterocycles. The van der Waals surface area contributed by atoms with E-state index >= 15 is 0 Å². The Morgan fingerprint density at radius 3 is 2.86 bits per heavy atom. The van der Waals surface area contributed by atoms with Gasteiger partial charge in [-0.25, -0.2) is 4.98 Å². The first-order valence-electron chi connectivity index (χ1n) is 8.68. The average Bonchev–Trinajstić information content (AvgIpc) is 3.29. The topological polar surface area (TPSA) is 62.1 Å². The molecule has 4 aromatic rings. The van der Waals surface area contributed by atoms with Crippen LogP contribution in [0.25, 0.3) is 22.1 Å². The quantitative estimate of drug-likeness (QED) is 0.346. The molecule has 1 aliphatic heterocycles. The Morgan fingerprint density at radius 2 is 2.00 bits per heavy atom. The number of nitrogens with zero attached hydrogens (tertiary/aromatic N) is 4. The van der Waals surface area contributed by atoms with Crippen LogP contribution in [0.2, 0.25) is 5.02 Å². The molecule has 0 spiro atoms. The second-order valence-corrected chi connectivity index (χ2v) is 7.62. The third kappa shape index (κ3) is 2.87. The van der Waals surface area contributed by atoms with Gasteiger partial charge in [0, 0.05) is 28.8 Å². The molecule has 2 aromatic heterocycles. The molecular weight excluding hydrogens is 396 g/mol. The summed E-state index contributed by atoms with van der Waals surface area (Å²) in [6, 6.07) is 11.8. The van der Waals surface area contributed by atoms with Crippen LogP contribution < -0.4 is 9.47 Å². The van der Waals surface area contributed by atoms with E-state index in [1.54, 1.807) is 6.07 Å². The van der Waals surface area contributed by atoms with Gasteiger partial charge in [0.05, 0.1) is 5.52 Å². The molecule has 6 nitrogen and oxygen atoms in total. The minimum atomic E-state index is 0.222. The third-order valence-corrected chi connectivity index (χ3v) is 5.80. The number of allylic oxidation sites excluding steroid dienone is 1. The summed E-state index contributed by atoms with van der Waals surface area (Å²) in [5, 5.41) is 11.0. The molecule has 0 fully saturated rings. The Balaban J connectivity index is 1.49. The van der Waals surface area contributed by atoms with Crippen molar-refractivity contribution in [2.75, 3.05) is 6.79 Å². The minimum Gasteiger partial charge on any atom is -0.454 e. The van der Waals surface area contributed by atoms with E-state index in [4.69, 9.17) is 26.1 Å². The molecule has 1 aliphatic rings. The molecule has 0 atom stereocenters. The zero-order valence-electron chi connectivity index (χ0n) is 14.8. The van der Waals surface area contributed by atoms with E-state index in [0.717, 1.165) is 27.6 Å². The van der Waals surface area contributed by atoms with Crippen LogP contribution in [0.15, 0.2) is 54.2 Å². The Labute approximate surface area is 170 Å². The maximum atomic E-state index is 6.37. The fraction of sp³-hybridized carbons (Fsp3) is 0.150. The first-order valence-corrected chi connectivity index (χ1v) is 10.0. The highest BCUT2D eigenvalue weighted by molar-refractivity contribution is 7.98. The van der Waals surface area contributed by atoms with Crippen molar-refractivity contribution in [1.29, 1.82) is 0 Å². The number of benzene rings is 2. The summed E-state index contributed by atoms with van der Waals surface area (Å²) in [6.45, 7) is 4.73. The zero-order chi connectivity index (χ0) is 19.1. The first kappa shape index (κ1) is 17.3. The smallest absolute Gasteiger partial charge is 0.231 e. The van der Waals surface area contributed by atoms with Crippen LogP contribution in [0.3, 0.4) is 0 Å². The lowest BCUT2D eigenvalue weighted by atomic mass is 10.2. The molecule has 140 valence electrons. The lowest BCUT2D eigenvalue weighted by Gasteiger charge is -2.06. The number of thioether (sulfide) groups is 1. The number of fused-ring (bicyclic) bond motifs is 4. The first-order chi connectivity index (χ1) is 13.7. The van der Waals surface area contributed by atoms with Crippen molar-refractivity contribution < 1.29 is 9.47 Å². The summed E-state index contributed by atoms with van der Waals surface area (Å²) in [4.78, 5) is 4.75. The predicted octanol–water partition coefficient (Wildman–Crippen LogP) is 4.84. The van der Waals surface area contributed by atoms with Gasteiger partial charge in [0.1, 0.15) is 5.52 Å². The number of rotatable bonds is 5. The van der Waals surface area contributed by atoms with Gasteiger partial charge in [-0.3, -0.25) is 0 Å². The Hall–Kier alpha value is -2.77. The van der Waals surface area contributed by atoms with Crippen molar-refractivity contribution in [3.8, 4) is 11.5 Å². The van der Waals surface area contributed by atoms with Crippen LogP contribution >= 0.6 is 23.4 Å². The number of ether oxygens (including phenoxy) is 2. The molecule has 0 unspecified atom stereocenters. The maximum absolute atomic E-state index is 6.37. The Morgan fingerprint density at radius 1 is 1.18 bits per heavy atom. The van der Waals surface area contributed by atoms with E-state index < -0.39 is 0 Å². The van der Waals surface area contributed by atoms with Crippen LogP contribution in [-0.4, -0.2) is 26.5 Å². The van der Waals surface area contributed by atoms with Crippen molar-refractivity contribution in [3.63, 3.8) is 0 Å². The van der Waals surface area contributed by atoms with Crippen LogP contribution in [0.4, 0.5) is 0 Å². The van der Waals surface area contributed by atoms with Crippen molar-refractivity contribution in [2.45, 2.75) is 17.5 Å². The van der Waals surface area contributed by atoms with Crippen LogP contribution in [0.1, 0.15) is 5.56 Å². The van der Waals surface area contributed by atoms with E-state index in [-0.39, 0.29) is 6.79 Å². The number of hydrogen-bond acceptors (Lipinski definition) is 6. The average molecular weight is 411 g/mol. The van der Waals surface area contributed by atoms with Gasteiger partial charge in [0.15, 0.2) is 17.1 Å². The third-order valence-electron chi connectivity index (χ3n) is 4.56. The lowest BCUT2D eigenvalue weighted by molar-refractivity contribution is 0.174. The van der Waals surface area contributed by atoms with Crippen molar-refractivity contribution in [2.24, 2.45) is 0 Å². The van der Waals surface area contributed by atoms with Gasteiger partial charge in [-0.1, -0.05) is 47.6 Å². The predicted molar refractivity (Wildman–Crippen MR) is 110 cm³/mol. The van der Waals surface area contributed by atoms with E-state index in [9.17, 15) is 0 Å². The molecule has 8 heteroatoms. The molecule has 0 bridgehead atoms. The number of para-hydroxylation sites is 1. The van der Waals surface area contributed by atoms with Gasteiger partial charge < -0.3 is 14.0 Å². The Bertz CT molecular complexity index is 1220. The van der Waals surface area contributed by atoms with E-state index in [0.29, 0.717) is 34.0 Å². The van der Waals surface area contributed by atoms with Crippen molar-refractivity contribution in [3.05, 3.63) is 59.6 Å². The van der Waals surface area contributed by atoms with Crippen LogP contribution in [0.5, 0.6) is 11.5 Å². The van der Waals surface area contributed by atoms with E-state index in [1.807, 2.05) is 30.3 Å². The second kappa shape index (κ2) is 7.00. The summed E-state index contributed by atoms with van der Waals surface area (Å²) >= 11 is 7.85. The van der Waals surface area contributed by atoms with Gasteiger partial charge in [-0.2, -0.15) is 0 Å². The summed E-state index contributed by atoms with van der Waals surface area (Å²) in [5.41, 5.74) is 3.60. The second-order valence-electron chi connectivity index (χ2n) is 6.27.